The highest BCUT2D eigenvalue weighted by Crippen LogP contribution is 2.21. The van der Waals surface area contributed by atoms with Crippen molar-refractivity contribution >= 4 is 34.2 Å². The number of nitrogens with one attached hydrogen (secondary N) is 1. The van der Waals surface area contributed by atoms with Crippen molar-refractivity contribution in [3.63, 3.8) is 0 Å². The van der Waals surface area contributed by atoms with Gasteiger partial charge in [0.05, 0.1) is 16.2 Å². The van der Waals surface area contributed by atoms with Gasteiger partial charge in [-0.25, -0.2) is 9.18 Å². The van der Waals surface area contributed by atoms with Gasteiger partial charge in [0.1, 0.15) is 5.82 Å². The van der Waals surface area contributed by atoms with Crippen LogP contribution in [0.1, 0.15) is 5.69 Å². The van der Waals surface area contributed by atoms with Crippen molar-refractivity contribution in [1.82, 2.24) is 9.78 Å². The van der Waals surface area contributed by atoms with E-state index in [1.165, 1.54) is 22.9 Å². The number of carbonyl (C=O) groups excluding carboxylic acids is 1. The van der Waals surface area contributed by atoms with Gasteiger partial charge >= 0.3 is 6.03 Å². The van der Waals surface area contributed by atoms with E-state index in [0.29, 0.717) is 11.2 Å². The van der Waals surface area contributed by atoms with Gasteiger partial charge in [-0.1, -0.05) is 29.8 Å². The minimum absolute atomic E-state index is 0.0469. The fourth-order valence-electron chi connectivity index (χ4n) is 2.13. The van der Waals surface area contributed by atoms with Crippen LogP contribution in [-0.2, 0) is 0 Å². The molecule has 3 rings (SSSR count). The molecular formula is C15H11ClFN3O. The number of nitrogens with zero attached hydrogens (tertiary/aromatic N) is 2. The van der Waals surface area contributed by atoms with E-state index in [9.17, 15) is 9.18 Å². The molecule has 1 amide bonds. The summed E-state index contributed by atoms with van der Waals surface area (Å²) < 4.78 is 14.4. The number of anilines is 1. The molecule has 0 radical (unpaired) electrons. The van der Waals surface area contributed by atoms with E-state index in [4.69, 9.17) is 11.6 Å². The molecule has 0 aliphatic rings. The number of fused-ring (bicyclic) bond motifs is 1. The normalized spacial score (nSPS) is 10.8. The summed E-state index contributed by atoms with van der Waals surface area (Å²) in [7, 11) is 0. The summed E-state index contributed by atoms with van der Waals surface area (Å²) in [6, 6.07) is 11.0. The topological polar surface area (TPSA) is 46.9 Å². The smallest absolute Gasteiger partial charge is 0.306 e. The van der Waals surface area contributed by atoms with Crippen LogP contribution in [0.3, 0.4) is 0 Å². The Morgan fingerprint density at radius 2 is 2.05 bits per heavy atom. The molecule has 0 aliphatic carbocycles. The zero-order chi connectivity index (χ0) is 15.0. The number of aryl methyl sites for hydroxylation is 1. The molecule has 0 fully saturated rings. The van der Waals surface area contributed by atoms with Crippen molar-refractivity contribution in [2.45, 2.75) is 6.92 Å². The van der Waals surface area contributed by atoms with Crippen LogP contribution in [0.2, 0.25) is 5.02 Å². The van der Waals surface area contributed by atoms with Gasteiger partial charge in [0.2, 0.25) is 0 Å². The third-order valence-corrected chi connectivity index (χ3v) is 3.42. The number of benzene rings is 2. The maximum absolute atomic E-state index is 13.1. The van der Waals surface area contributed by atoms with E-state index < -0.39 is 11.8 Å². The second-order valence-corrected chi connectivity index (χ2v) is 4.98. The second-order valence-electron chi connectivity index (χ2n) is 4.57. The predicted octanol–water partition coefficient (Wildman–Crippen LogP) is 4.22. The molecule has 0 atom stereocenters. The molecule has 4 nitrogen and oxygen atoms in total. The molecule has 0 aliphatic heterocycles. The maximum atomic E-state index is 13.1. The van der Waals surface area contributed by atoms with Gasteiger partial charge in [-0.05, 0) is 31.2 Å². The maximum Gasteiger partial charge on any atom is 0.347 e. The second kappa shape index (κ2) is 5.18. The van der Waals surface area contributed by atoms with Gasteiger partial charge in [-0.15, -0.1) is 0 Å². The highest BCUT2D eigenvalue weighted by atomic mass is 35.5. The lowest BCUT2D eigenvalue weighted by Crippen LogP contribution is -2.20. The highest BCUT2D eigenvalue weighted by Gasteiger charge is 2.13. The number of carbonyl (C=O) groups is 1. The molecule has 0 saturated carbocycles. The fraction of sp³-hybridized carbons (Fsp3) is 0.0667. The van der Waals surface area contributed by atoms with Gasteiger partial charge in [0, 0.05) is 11.1 Å². The SMILES string of the molecule is Cc1nn(C(=O)Nc2ccc(F)c(Cl)c2)c2ccccc12. The third-order valence-electron chi connectivity index (χ3n) is 3.14. The molecule has 1 N–H and O–H groups in total. The largest absolute Gasteiger partial charge is 0.347 e. The number of para-hydroxylation sites is 1. The average Bonchev–Trinajstić information content (AvgIpc) is 2.81. The molecule has 6 heteroatoms. The lowest BCUT2D eigenvalue weighted by molar-refractivity contribution is 0.251. The van der Waals surface area contributed by atoms with Crippen molar-refractivity contribution < 1.29 is 9.18 Å². The van der Waals surface area contributed by atoms with E-state index in [-0.39, 0.29) is 5.02 Å². The Morgan fingerprint density at radius 3 is 2.81 bits per heavy atom. The summed E-state index contributed by atoms with van der Waals surface area (Å²) >= 11 is 5.69. The van der Waals surface area contributed by atoms with Crippen LogP contribution in [0.25, 0.3) is 10.9 Å². The number of halogens is 2. The van der Waals surface area contributed by atoms with Crippen LogP contribution in [0.5, 0.6) is 0 Å². The standard InChI is InChI=1S/C15H11ClFN3O/c1-9-11-4-2-3-5-14(11)20(19-9)15(21)18-10-6-7-13(17)12(16)8-10/h2-8H,1H3,(H,18,21). The van der Waals surface area contributed by atoms with Gasteiger partial charge in [0.15, 0.2) is 0 Å². The minimum atomic E-state index is -0.532. The Balaban J connectivity index is 1.95. The van der Waals surface area contributed by atoms with Crippen molar-refractivity contribution in [3.8, 4) is 0 Å². The predicted molar refractivity (Wildman–Crippen MR) is 80.3 cm³/mol. The summed E-state index contributed by atoms with van der Waals surface area (Å²) in [4.78, 5) is 12.3. The van der Waals surface area contributed by atoms with Crippen molar-refractivity contribution in [2.24, 2.45) is 0 Å². The summed E-state index contributed by atoms with van der Waals surface area (Å²) in [5.41, 5.74) is 1.88. The van der Waals surface area contributed by atoms with Crippen LogP contribution in [0.4, 0.5) is 14.9 Å². The molecule has 0 bridgehead atoms. The van der Waals surface area contributed by atoms with Crippen LogP contribution in [-0.4, -0.2) is 15.8 Å². The summed E-state index contributed by atoms with van der Waals surface area (Å²) in [6.07, 6.45) is 0. The molecule has 0 spiro atoms. The van der Waals surface area contributed by atoms with Crippen molar-refractivity contribution in [1.29, 1.82) is 0 Å². The van der Waals surface area contributed by atoms with Gasteiger partial charge in [-0.2, -0.15) is 9.78 Å². The highest BCUT2D eigenvalue weighted by molar-refractivity contribution is 6.31. The van der Waals surface area contributed by atoms with Crippen LogP contribution in [0, 0.1) is 12.7 Å². The van der Waals surface area contributed by atoms with Gasteiger partial charge < -0.3 is 5.32 Å². The average molecular weight is 304 g/mol. The van der Waals surface area contributed by atoms with E-state index in [1.54, 1.807) is 0 Å². The summed E-state index contributed by atoms with van der Waals surface area (Å²) in [6.45, 7) is 1.83. The van der Waals surface area contributed by atoms with E-state index in [1.807, 2.05) is 31.2 Å². The monoisotopic (exact) mass is 303 g/mol. The first-order valence-electron chi connectivity index (χ1n) is 6.27. The quantitative estimate of drug-likeness (QED) is 0.731. The lowest BCUT2D eigenvalue weighted by atomic mass is 10.2. The van der Waals surface area contributed by atoms with Crippen molar-refractivity contribution in [3.05, 3.63) is 59.0 Å². The first kappa shape index (κ1) is 13.6. The summed E-state index contributed by atoms with van der Waals surface area (Å²) in [5.74, 6) is -0.532. The third kappa shape index (κ3) is 2.48. The Kier molecular flexibility index (Phi) is 3.35. The Labute approximate surface area is 125 Å². The Hall–Kier alpha value is -2.40. The van der Waals surface area contributed by atoms with E-state index >= 15 is 0 Å². The van der Waals surface area contributed by atoms with E-state index in [0.717, 1.165) is 11.1 Å². The zero-order valence-corrected chi connectivity index (χ0v) is 11.9. The molecular weight excluding hydrogens is 293 g/mol. The molecule has 0 unspecified atom stereocenters. The Bertz CT molecular complexity index is 844. The molecule has 1 heterocycles. The van der Waals surface area contributed by atoms with Crippen LogP contribution < -0.4 is 5.32 Å². The molecule has 106 valence electrons. The van der Waals surface area contributed by atoms with Gasteiger partial charge in [0.25, 0.3) is 0 Å². The summed E-state index contributed by atoms with van der Waals surface area (Å²) in [5, 5.41) is 7.73. The Morgan fingerprint density at radius 1 is 1.29 bits per heavy atom. The molecule has 3 aromatic rings. The molecule has 1 aromatic heterocycles. The number of amides is 1. The fourth-order valence-corrected chi connectivity index (χ4v) is 2.31. The molecule has 0 saturated heterocycles. The van der Waals surface area contributed by atoms with Crippen molar-refractivity contribution in [2.75, 3.05) is 5.32 Å². The number of hydrogen-bond donors (Lipinski definition) is 1. The zero-order valence-electron chi connectivity index (χ0n) is 11.1. The molecule has 21 heavy (non-hydrogen) atoms. The van der Waals surface area contributed by atoms with Crippen LogP contribution >= 0.6 is 11.6 Å². The number of aromatic nitrogens is 2. The number of rotatable bonds is 1. The first-order valence-corrected chi connectivity index (χ1v) is 6.65. The van der Waals surface area contributed by atoms with Crippen LogP contribution in [0.15, 0.2) is 42.5 Å². The number of hydrogen-bond acceptors (Lipinski definition) is 2. The van der Waals surface area contributed by atoms with E-state index in [2.05, 4.69) is 10.4 Å². The minimum Gasteiger partial charge on any atom is -0.306 e. The lowest BCUT2D eigenvalue weighted by Gasteiger charge is -2.06. The first-order chi connectivity index (χ1) is 10.1. The van der Waals surface area contributed by atoms with Gasteiger partial charge in [-0.3, -0.25) is 0 Å². The molecule has 2 aromatic carbocycles.